The normalized spacial score (nSPS) is 10.9. The highest BCUT2D eigenvalue weighted by Gasteiger charge is 2.09. The molecule has 0 aromatic heterocycles. The van der Waals surface area contributed by atoms with Crippen molar-refractivity contribution in [1.82, 2.24) is 0 Å². The number of rotatable bonds is 4. The largest absolute Gasteiger partial charge is 0.490 e. The number of hydrogen-bond acceptors (Lipinski definition) is 3. The molecule has 3 nitrogen and oxygen atoms in total. The van der Waals surface area contributed by atoms with Crippen molar-refractivity contribution in [2.45, 2.75) is 26.4 Å². The zero-order valence-electron chi connectivity index (χ0n) is 9.99. The summed E-state index contributed by atoms with van der Waals surface area (Å²) in [6.45, 7) is 6.96. The molecular formula is C13H17NO2. The quantitative estimate of drug-likeness (QED) is 0.731. The Hall–Kier alpha value is -1.53. The van der Waals surface area contributed by atoms with Gasteiger partial charge in [0.05, 0.1) is 17.8 Å². The fourth-order valence-corrected chi connectivity index (χ4v) is 1.18. The van der Waals surface area contributed by atoms with Crippen LogP contribution in [-0.2, 0) is 4.74 Å². The van der Waals surface area contributed by atoms with Gasteiger partial charge in [0.25, 0.3) is 0 Å². The minimum atomic E-state index is -0.155. The molecule has 0 fully saturated rings. The Kier molecular flexibility index (Phi) is 4.33. The van der Waals surface area contributed by atoms with Gasteiger partial charge in [-0.3, -0.25) is 0 Å². The average molecular weight is 219 g/mol. The van der Waals surface area contributed by atoms with Crippen LogP contribution in [0, 0.1) is 11.3 Å². The second-order valence-electron chi connectivity index (χ2n) is 4.42. The topological polar surface area (TPSA) is 42.2 Å². The van der Waals surface area contributed by atoms with Crippen LogP contribution in [0.25, 0.3) is 0 Å². The number of nitriles is 1. The molecule has 86 valence electrons. The van der Waals surface area contributed by atoms with Gasteiger partial charge in [0, 0.05) is 0 Å². The molecule has 0 amide bonds. The molecule has 1 aromatic carbocycles. The molecule has 0 unspecified atom stereocenters. The molecule has 0 aliphatic heterocycles. The van der Waals surface area contributed by atoms with Crippen molar-refractivity contribution in [1.29, 1.82) is 5.26 Å². The van der Waals surface area contributed by atoms with Crippen molar-refractivity contribution < 1.29 is 9.47 Å². The maximum absolute atomic E-state index is 8.84. The second kappa shape index (κ2) is 5.53. The Morgan fingerprint density at radius 3 is 2.50 bits per heavy atom. The summed E-state index contributed by atoms with van der Waals surface area (Å²) < 4.78 is 11.0. The molecule has 3 heteroatoms. The van der Waals surface area contributed by atoms with Crippen LogP contribution >= 0.6 is 0 Å². The Morgan fingerprint density at radius 2 is 1.88 bits per heavy atom. The van der Waals surface area contributed by atoms with E-state index in [1.165, 1.54) is 0 Å². The second-order valence-corrected chi connectivity index (χ2v) is 4.42. The number of benzene rings is 1. The number of nitrogens with zero attached hydrogens (tertiary/aromatic N) is 1. The zero-order valence-corrected chi connectivity index (χ0v) is 9.99. The van der Waals surface area contributed by atoms with Crippen molar-refractivity contribution >= 4 is 0 Å². The van der Waals surface area contributed by atoms with Crippen LogP contribution in [0.1, 0.15) is 26.3 Å². The summed E-state index contributed by atoms with van der Waals surface area (Å²) in [5.74, 6) is 0.613. The Balaban J connectivity index is 2.41. The van der Waals surface area contributed by atoms with E-state index in [4.69, 9.17) is 14.7 Å². The summed E-state index contributed by atoms with van der Waals surface area (Å²) in [7, 11) is 0. The van der Waals surface area contributed by atoms with Gasteiger partial charge in [-0.05, 0) is 32.9 Å². The highest BCUT2D eigenvalue weighted by Crippen LogP contribution is 2.16. The van der Waals surface area contributed by atoms with Crippen molar-refractivity contribution in [2.24, 2.45) is 0 Å². The maximum atomic E-state index is 8.84. The van der Waals surface area contributed by atoms with E-state index >= 15 is 0 Å². The third-order valence-corrected chi connectivity index (χ3v) is 1.88. The van der Waals surface area contributed by atoms with Crippen molar-refractivity contribution in [3.63, 3.8) is 0 Å². The average Bonchev–Trinajstić information content (AvgIpc) is 2.23. The zero-order chi connectivity index (χ0) is 12.0. The minimum absolute atomic E-state index is 0.155. The van der Waals surface area contributed by atoms with Crippen LogP contribution in [-0.4, -0.2) is 18.8 Å². The SMILES string of the molecule is CC(C)(C)OCCOc1ccccc1C#N. The molecule has 0 aliphatic rings. The van der Waals surface area contributed by atoms with E-state index in [9.17, 15) is 0 Å². The van der Waals surface area contributed by atoms with Gasteiger partial charge in [-0.25, -0.2) is 0 Å². The summed E-state index contributed by atoms with van der Waals surface area (Å²) in [5, 5.41) is 8.84. The third kappa shape index (κ3) is 4.33. The molecule has 0 N–H and O–H groups in total. The summed E-state index contributed by atoms with van der Waals surface area (Å²) in [4.78, 5) is 0. The Morgan fingerprint density at radius 1 is 1.19 bits per heavy atom. The maximum Gasteiger partial charge on any atom is 0.137 e. The first kappa shape index (κ1) is 12.5. The lowest BCUT2D eigenvalue weighted by Gasteiger charge is -2.19. The van der Waals surface area contributed by atoms with Crippen LogP contribution in [0.5, 0.6) is 5.75 Å². The van der Waals surface area contributed by atoms with Gasteiger partial charge in [0.1, 0.15) is 18.4 Å². The van der Waals surface area contributed by atoms with Crippen molar-refractivity contribution in [3.8, 4) is 11.8 Å². The predicted octanol–water partition coefficient (Wildman–Crippen LogP) is 2.75. The van der Waals surface area contributed by atoms with E-state index in [2.05, 4.69) is 6.07 Å². The van der Waals surface area contributed by atoms with Crippen LogP contribution in [0.15, 0.2) is 24.3 Å². The lowest BCUT2D eigenvalue weighted by Crippen LogP contribution is -2.22. The fourth-order valence-electron chi connectivity index (χ4n) is 1.18. The van der Waals surface area contributed by atoms with Gasteiger partial charge in [-0.2, -0.15) is 5.26 Å². The molecule has 1 rings (SSSR count). The van der Waals surface area contributed by atoms with Gasteiger partial charge in [0.15, 0.2) is 0 Å². The van der Waals surface area contributed by atoms with E-state index in [0.29, 0.717) is 24.5 Å². The van der Waals surface area contributed by atoms with Crippen LogP contribution in [0.3, 0.4) is 0 Å². The molecule has 1 aromatic rings. The Bertz CT molecular complexity index is 374. The summed E-state index contributed by atoms with van der Waals surface area (Å²) in [6.07, 6.45) is 0. The molecule has 0 heterocycles. The number of para-hydroxylation sites is 1. The van der Waals surface area contributed by atoms with E-state index < -0.39 is 0 Å². The minimum Gasteiger partial charge on any atom is -0.490 e. The van der Waals surface area contributed by atoms with Gasteiger partial charge >= 0.3 is 0 Å². The van der Waals surface area contributed by atoms with Gasteiger partial charge < -0.3 is 9.47 Å². The van der Waals surface area contributed by atoms with E-state index in [1.54, 1.807) is 12.1 Å². The highest BCUT2D eigenvalue weighted by atomic mass is 16.5. The number of ether oxygens (including phenoxy) is 2. The van der Waals surface area contributed by atoms with Crippen molar-refractivity contribution in [2.75, 3.05) is 13.2 Å². The molecule has 0 aliphatic carbocycles. The monoisotopic (exact) mass is 219 g/mol. The van der Waals surface area contributed by atoms with Gasteiger partial charge in [-0.15, -0.1) is 0 Å². The van der Waals surface area contributed by atoms with E-state index in [-0.39, 0.29) is 5.60 Å². The fraction of sp³-hybridized carbons (Fsp3) is 0.462. The molecule has 16 heavy (non-hydrogen) atoms. The molecule has 0 saturated heterocycles. The van der Waals surface area contributed by atoms with Crippen LogP contribution in [0.2, 0.25) is 0 Å². The van der Waals surface area contributed by atoms with Crippen LogP contribution in [0.4, 0.5) is 0 Å². The third-order valence-electron chi connectivity index (χ3n) is 1.88. The Labute approximate surface area is 96.6 Å². The number of hydrogen-bond donors (Lipinski definition) is 0. The van der Waals surface area contributed by atoms with Gasteiger partial charge in [0.2, 0.25) is 0 Å². The first-order chi connectivity index (χ1) is 7.53. The molecule has 0 saturated carbocycles. The molecule has 0 bridgehead atoms. The highest BCUT2D eigenvalue weighted by molar-refractivity contribution is 5.42. The first-order valence-electron chi connectivity index (χ1n) is 5.29. The van der Waals surface area contributed by atoms with E-state index in [1.807, 2.05) is 32.9 Å². The predicted molar refractivity (Wildman–Crippen MR) is 62.4 cm³/mol. The van der Waals surface area contributed by atoms with Crippen molar-refractivity contribution in [3.05, 3.63) is 29.8 Å². The lowest BCUT2D eigenvalue weighted by atomic mass is 10.2. The first-order valence-corrected chi connectivity index (χ1v) is 5.29. The molecular weight excluding hydrogens is 202 g/mol. The molecule has 0 atom stereocenters. The molecule has 0 spiro atoms. The smallest absolute Gasteiger partial charge is 0.137 e. The lowest BCUT2D eigenvalue weighted by molar-refractivity contribution is -0.0163. The van der Waals surface area contributed by atoms with Gasteiger partial charge in [-0.1, -0.05) is 12.1 Å². The summed E-state index contributed by atoms with van der Waals surface area (Å²) in [6, 6.07) is 9.27. The van der Waals surface area contributed by atoms with Crippen LogP contribution < -0.4 is 4.74 Å². The summed E-state index contributed by atoms with van der Waals surface area (Å²) in [5.41, 5.74) is 0.399. The molecule has 0 radical (unpaired) electrons. The summed E-state index contributed by atoms with van der Waals surface area (Å²) >= 11 is 0. The standard InChI is InChI=1S/C13H17NO2/c1-13(2,3)16-9-8-15-12-7-5-4-6-11(12)10-14/h4-7H,8-9H2,1-3H3. The van der Waals surface area contributed by atoms with E-state index in [0.717, 1.165) is 0 Å².